The lowest BCUT2D eigenvalue weighted by atomic mass is 10.1. The van der Waals surface area contributed by atoms with E-state index < -0.39 is 0 Å². The number of nitrogens with one attached hydrogen (secondary N) is 2. The number of piperazine rings is 1. The van der Waals surface area contributed by atoms with Gasteiger partial charge in [-0.2, -0.15) is 0 Å². The van der Waals surface area contributed by atoms with Crippen LogP contribution in [0.2, 0.25) is 0 Å². The van der Waals surface area contributed by atoms with E-state index in [-0.39, 0.29) is 11.2 Å². The van der Waals surface area contributed by atoms with Crippen molar-refractivity contribution in [3.8, 4) is 0 Å². The standard InChI is InChI=1S/C19H27N5OS2/c1-5-23-8-10-24(11-9-23)17(25)15(4)26-19-22-21-18(27-19)20-16-7-6-13(2)14(3)12-16/h6-7,12,15H,5,8-11H2,1-4H3,(H,20,21)/p+1/t15-/m0/s1. The van der Waals surface area contributed by atoms with Crippen molar-refractivity contribution in [3.05, 3.63) is 29.3 Å². The van der Waals surface area contributed by atoms with Crippen LogP contribution in [0.15, 0.2) is 22.5 Å². The van der Waals surface area contributed by atoms with Gasteiger partial charge in [-0.15, -0.1) is 10.2 Å². The molecule has 1 aliphatic rings. The van der Waals surface area contributed by atoms with E-state index in [0.29, 0.717) is 0 Å². The molecule has 0 bridgehead atoms. The Hall–Kier alpha value is -1.64. The summed E-state index contributed by atoms with van der Waals surface area (Å²) in [6.07, 6.45) is 0. The van der Waals surface area contributed by atoms with Gasteiger partial charge in [0.1, 0.15) is 0 Å². The van der Waals surface area contributed by atoms with Crippen LogP contribution in [0.4, 0.5) is 10.8 Å². The first-order chi connectivity index (χ1) is 13.0. The fourth-order valence-electron chi connectivity index (χ4n) is 3.11. The quantitative estimate of drug-likeness (QED) is 0.720. The Labute approximate surface area is 169 Å². The number of carbonyl (C=O) groups is 1. The molecule has 1 fully saturated rings. The van der Waals surface area contributed by atoms with E-state index in [4.69, 9.17) is 0 Å². The van der Waals surface area contributed by atoms with E-state index in [9.17, 15) is 4.79 Å². The molecule has 6 nitrogen and oxygen atoms in total. The second kappa shape index (κ2) is 9.03. The minimum atomic E-state index is -0.143. The molecule has 1 aliphatic heterocycles. The fraction of sp³-hybridized carbons (Fsp3) is 0.526. The van der Waals surface area contributed by atoms with E-state index in [1.807, 2.05) is 17.9 Å². The van der Waals surface area contributed by atoms with Gasteiger partial charge in [-0.05, 0) is 51.0 Å². The van der Waals surface area contributed by atoms with E-state index in [1.54, 1.807) is 4.90 Å². The molecule has 1 amide bonds. The van der Waals surface area contributed by atoms with Crippen LogP contribution in [0.5, 0.6) is 0 Å². The Morgan fingerprint density at radius 2 is 2.04 bits per heavy atom. The van der Waals surface area contributed by atoms with E-state index in [2.05, 4.69) is 48.4 Å². The SMILES string of the molecule is CC[NH+]1CCN(C(=O)[C@H](C)Sc2nnc(Nc3ccc(C)c(C)c3)s2)CC1. The first-order valence-electron chi connectivity index (χ1n) is 9.43. The van der Waals surface area contributed by atoms with Gasteiger partial charge in [0, 0.05) is 5.69 Å². The van der Waals surface area contributed by atoms with Crippen LogP contribution in [0.1, 0.15) is 25.0 Å². The highest BCUT2D eigenvalue weighted by Crippen LogP contribution is 2.31. The van der Waals surface area contributed by atoms with Gasteiger partial charge in [0.05, 0.1) is 38.0 Å². The predicted molar refractivity (Wildman–Crippen MR) is 112 cm³/mol. The molecule has 1 atom stereocenters. The number of hydrogen-bond donors (Lipinski definition) is 2. The number of aromatic nitrogens is 2. The van der Waals surface area contributed by atoms with Crippen LogP contribution >= 0.6 is 23.1 Å². The highest BCUT2D eigenvalue weighted by Gasteiger charge is 2.27. The Morgan fingerprint density at radius 3 is 2.70 bits per heavy atom. The van der Waals surface area contributed by atoms with Crippen LogP contribution in [0, 0.1) is 13.8 Å². The summed E-state index contributed by atoms with van der Waals surface area (Å²) in [7, 11) is 0. The third-order valence-corrected chi connectivity index (χ3v) is 7.08. The zero-order chi connectivity index (χ0) is 19.4. The van der Waals surface area contributed by atoms with Gasteiger partial charge >= 0.3 is 0 Å². The lowest BCUT2D eigenvalue weighted by molar-refractivity contribution is -0.902. The van der Waals surface area contributed by atoms with Crippen molar-refractivity contribution in [2.45, 2.75) is 37.3 Å². The number of rotatable bonds is 6. The summed E-state index contributed by atoms with van der Waals surface area (Å²) < 4.78 is 0.819. The van der Waals surface area contributed by atoms with Gasteiger partial charge in [0.25, 0.3) is 0 Å². The molecular weight excluding hydrogens is 378 g/mol. The summed E-state index contributed by atoms with van der Waals surface area (Å²) >= 11 is 2.98. The third kappa shape index (κ3) is 5.21. The number of quaternary nitrogens is 1. The molecule has 3 rings (SSSR count). The number of amides is 1. The molecule has 2 heterocycles. The predicted octanol–water partition coefficient (Wildman–Crippen LogP) is 2.13. The van der Waals surface area contributed by atoms with E-state index in [0.717, 1.165) is 47.9 Å². The largest absolute Gasteiger partial charge is 0.332 e. The molecule has 0 spiro atoms. The third-order valence-electron chi connectivity index (χ3n) is 5.07. The number of likely N-dealkylation sites (N-methyl/N-ethyl adjacent to an activating group) is 1. The van der Waals surface area contributed by atoms with Gasteiger partial charge in [-0.1, -0.05) is 29.2 Å². The average Bonchev–Trinajstić information content (AvgIpc) is 3.11. The number of hydrogen-bond acceptors (Lipinski definition) is 6. The molecule has 2 N–H and O–H groups in total. The summed E-state index contributed by atoms with van der Waals surface area (Å²) in [5.41, 5.74) is 3.51. The zero-order valence-electron chi connectivity index (χ0n) is 16.4. The van der Waals surface area contributed by atoms with Crippen LogP contribution in [0.25, 0.3) is 0 Å². The molecule has 2 aromatic rings. The maximum Gasteiger partial charge on any atom is 0.236 e. The minimum absolute atomic E-state index is 0.143. The molecule has 1 saturated heterocycles. The molecule has 8 heteroatoms. The van der Waals surface area contributed by atoms with Crippen molar-refractivity contribution < 1.29 is 9.69 Å². The lowest BCUT2D eigenvalue weighted by Crippen LogP contribution is -3.14. The molecule has 1 aromatic carbocycles. The second-order valence-electron chi connectivity index (χ2n) is 6.99. The topological polar surface area (TPSA) is 62.6 Å². The maximum atomic E-state index is 12.7. The smallest absolute Gasteiger partial charge is 0.236 e. The zero-order valence-corrected chi connectivity index (χ0v) is 18.0. The van der Waals surface area contributed by atoms with Gasteiger partial charge in [0.2, 0.25) is 11.0 Å². The first kappa shape index (κ1) is 20.1. The van der Waals surface area contributed by atoms with Crippen molar-refractivity contribution >= 4 is 39.8 Å². The van der Waals surface area contributed by atoms with Crippen LogP contribution in [0.3, 0.4) is 0 Å². The number of anilines is 2. The first-order valence-corrected chi connectivity index (χ1v) is 11.1. The number of carbonyl (C=O) groups excluding carboxylic acids is 1. The molecule has 0 radical (unpaired) electrons. The average molecular weight is 407 g/mol. The summed E-state index contributed by atoms with van der Waals surface area (Å²) in [4.78, 5) is 16.3. The number of thioether (sulfide) groups is 1. The molecule has 27 heavy (non-hydrogen) atoms. The van der Waals surface area contributed by atoms with Gasteiger partial charge in [0.15, 0.2) is 4.34 Å². The normalized spacial score (nSPS) is 16.4. The monoisotopic (exact) mass is 406 g/mol. The van der Waals surface area contributed by atoms with E-state index >= 15 is 0 Å². The Balaban J connectivity index is 1.55. The molecule has 0 saturated carbocycles. The highest BCUT2D eigenvalue weighted by atomic mass is 32.2. The van der Waals surface area contributed by atoms with E-state index in [1.165, 1.54) is 34.2 Å². The van der Waals surface area contributed by atoms with Crippen molar-refractivity contribution in [2.75, 3.05) is 38.0 Å². The van der Waals surface area contributed by atoms with Gasteiger partial charge in [-0.25, -0.2) is 0 Å². The number of aryl methyl sites for hydroxylation is 2. The van der Waals surface area contributed by atoms with Gasteiger partial charge in [-0.3, -0.25) is 4.79 Å². The second-order valence-corrected chi connectivity index (χ2v) is 9.55. The Kier molecular flexibility index (Phi) is 6.73. The molecule has 0 unspecified atom stereocenters. The lowest BCUT2D eigenvalue weighted by Gasteiger charge is -2.32. The highest BCUT2D eigenvalue weighted by molar-refractivity contribution is 8.02. The summed E-state index contributed by atoms with van der Waals surface area (Å²) in [5, 5.41) is 12.4. The molecule has 1 aromatic heterocycles. The van der Waals surface area contributed by atoms with Gasteiger partial charge < -0.3 is 15.1 Å². The Morgan fingerprint density at radius 1 is 1.30 bits per heavy atom. The van der Waals surface area contributed by atoms with Crippen molar-refractivity contribution in [2.24, 2.45) is 0 Å². The molecular formula is C19H28N5OS2+. The van der Waals surface area contributed by atoms with Crippen molar-refractivity contribution in [1.82, 2.24) is 15.1 Å². The van der Waals surface area contributed by atoms with Crippen LogP contribution < -0.4 is 10.2 Å². The van der Waals surface area contributed by atoms with Crippen molar-refractivity contribution in [1.29, 1.82) is 0 Å². The number of benzene rings is 1. The fourth-order valence-corrected chi connectivity index (χ4v) is 5.11. The van der Waals surface area contributed by atoms with Crippen LogP contribution in [-0.4, -0.2) is 59.0 Å². The number of nitrogens with zero attached hydrogens (tertiary/aromatic N) is 3. The molecule has 0 aliphatic carbocycles. The molecule has 146 valence electrons. The summed E-state index contributed by atoms with van der Waals surface area (Å²) in [5.74, 6) is 0.203. The Bertz CT molecular complexity index is 786. The van der Waals surface area contributed by atoms with Crippen LogP contribution in [-0.2, 0) is 4.79 Å². The minimum Gasteiger partial charge on any atom is -0.332 e. The van der Waals surface area contributed by atoms with Crippen molar-refractivity contribution in [3.63, 3.8) is 0 Å². The summed E-state index contributed by atoms with van der Waals surface area (Å²) in [6.45, 7) is 13.3. The summed E-state index contributed by atoms with van der Waals surface area (Å²) in [6, 6.07) is 6.24. The maximum absolute atomic E-state index is 12.7.